The Morgan fingerprint density at radius 3 is 2.50 bits per heavy atom. The van der Waals surface area contributed by atoms with Gasteiger partial charge in [0.1, 0.15) is 17.5 Å². The molecule has 0 aliphatic heterocycles. The standard InChI is InChI=1S/C21H28O5/c1-3-16(4-2)25-17-10-5-6-11-18(17)26-20(24)21(14-9-15-22)13-8-7-12-19(21)23/h5-6,10-11,15-16H,3-4,7-9,12-14H2,1-2H3/t21-/m1/s1. The molecule has 1 atom stereocenters. The quantitative estimate of drug-likeness (QED) is 0.285. The summed E-state index contributed by atoms with van der Waals surface area (Å²) in [5.74, 6) is 0.148. The van der Waals surface area contributed by atoms with E-state index in [4.69, 9.17) is 9.47 Å². The summed E-state index contributed by atoms with van der Waals surface area (Å²) >= 11 is 0. The zero-order valence-electron chi connectivity index (χ0n) is 15.7. The lowest BCUT2D eigenvalue weighted by Gasteiger charge is -2.33. The summed E-state index contributed by atoms with van der Waals surface area (Å²) in [7, 11) is 0. The van der Waals surface area contributed by atoms with Crippen molar-refractivity contribution in [2.75, 3.05) is 0 Å². The van der Waals surface area contributed by atoms with E-state index >= 15 is 0 Å². The molecule has 1 aliphatic rings. The summed E-state index contributed by atoms with van der Waals surface area (Å²) in [6, 6.07) is 7.03. The van der Waals surface area contributed by atoms with E-state index < -0.39 is 11.4 Å². The lowest BCUT2D eigenvalue weighted by molar-refractivity contribution is -0.155. The first-order valence-corrected chi connectivity index (χ1v) is 9.52. The van der Waals surface area contributed by atoms with Gasteiger partial charge in [0.05, 0.1) is 6.10 Å². The van der Waals surface area contributed by atoms with Crippen molar-refractivity contribution in [1.29, 1.82) is 0 Å². The third-order valence-electron chi connectivity index (χ3n) is 5.13. The molecule has 0 unspecified atom stereocenters. The molecule has 5 nitrogen and oxygen atoms in total. The molecule has 2 rings (SSSR count). The Balaban J connectivity index is 2.24. The van der Waals surface area contributed by atoms with Crippen LogP contribution in [-0.4, -0.2) is 24.1 Å². The van der Waals surface area contributed by atoms with Gasteiger partial charge in [0.15, 0.2) is 11.5 Å². The van der Waals surface area contributed by atoms with E-state index in [1.807, 2.05) is 19.9 Å². The smallest absolute Gasteiger partial charge is 0.325 e. The van der Waals surface area contributed by atoms with Crippen molar-refractivity contribution in [3.63, 3.8) is 0 Å². The topological polar surface area (TPSA) is 69.7 Å². The molecule has 142 valence electrons. The van der Waals surface area contributed by atoms with Gasteiger partial charge in [0, 0.05) is 12.8 Å². The fourth-order valence-corrected chi connectivity index (χ4v) is 3.44. The van der Waals surface area contributed by atoms with Crippen molar-refractivity contribution in [3.8, 4) is 11.5 Å². The van der Waals surface area contributed by atoms with Crippen molar-refractivity contribution in [2.24, 2.45) is 5.41 Å². The minimum Gasteiger partial charge on any atom is -0.487 e. The van der Waals surface area contributed by atoms with Crippen molar-refractivity contribution in [3.05, 3.63) is 24.3 Å². The summed E-state index contributed by atoms with van der Waals surface area (Å²) < 4.78 is 11.6. The van der Waals surface area contributed by atoms with E-state index in [0.717, 1.165) is 32.0 Å². The van der Waals surface area contributed by atoms with Gasteiger partial charge in [0.2, 0.25) is 0 Å². The van der Waals surface area contributed by atoms with Gasteiger partial charge in [-0.15, -0.1) is 0 Å². The molecule has 0 saturated heterocycles. The molecular formula is C21H28O5. The minimum atomic E-state index is -1.21. The lowest BCUT2D eigenvalue weighted by atomic mass is 9.70. The maximum absolute atomic E-state index is 13.0. The first-order chi connectivity index (χ1) is 12.6. The Bertz CT molecular complexity index is 635. The number of para-hydroxylation sites is 2. The maximum atomic E-state index is 13.0. The molecule has 0 amide bonds. The predicted octanol–water partition coefficient (Wildman–Crippen LogP) is 4.27. The predicted molar refractivity (Wildman–Crippen MR) is 98.3 cm³/mol. The molecule has 1 fully saturated rings. The number of ketones is 1. The molecule has 0 bridgehead atoms. The largest absolute Gasteiger partial charge is 0.487 e. The number of carbonyl (C=O) groups is 3. The van der Waals surface area contributed by atoms with Crippen LogP contribution in [0.5, 0.6) is 11.5 Å². The van der Waals surface area contributed by atoms with E-state index in [0.29, 0.717) is 24.3 Å². The molecule has 26 heavy (non-hydrogen) atoms. The fourth-order valence-electron chi connectivity index (χ4n) is 3.44. The Labute approximate surface area is 155 Å². The van der Waals surface area contributed by atoms with Crippen LogP contribution in [0.25, 0.3) is 0 Å². The summed E-state index contributed by atoms with van der Waals surface area (Å²) in [5.41, 5.74) is -1.21. The van der Waals surface area contributed by atoms with Crippen molar-refractivity contribution in [1.82, 2.24) is 0 Å². The van der Waals surface area contributed by atoms with Gasteiger partial charge in [-0.25, -0.2) is 0 Å². The molecule has 0 heterocycles. The molecule has 0 radical (unpaired) electrons. The van der Waals surface area contributed by atoms with Gasteiger partial charge < -0.3 is 14.3 Å². The minimum absolute atomic E-state index is 0.0372. The molecule has 5 heteroatoms. The maximum Gasteiger partial charge on any atom is 0.325 e. The Kier molecular flexibility index (Phi) is 7.37. The second-order valence-corrected chi connectivity index (χ2v) is 6.81. The van der Waals surface area contributed by atoms with Gasteiger partial charge >= 0.3 is 5.97 Å². The summed E-state index contributed by atoms with van der Waals surface area (Å²) in [5, 5.41) is 0. The number of benzene rings is 1. The second kappa shape index (κ2) is 9.51. The van der Waals surface area contributed by atoms with Crippen molar-refractivity contribution >= 4 is 18.0 Å². The van der Waals surface area contributed by atoms with Crippen LogP contribution in [0.1, 0.15) is 65.2 Å². The van der Waals surface area contributed by atoms with Gasteiger partial charge in [-0.2, -0.15) is 0 Å². The molecular weight excluding hydrogens is 332 g/mol. The van der Waals surface area contributed by atoms with Gasteiger partial charge in [0.25, 0.3) is 0 Å². The highest BCUT2D eigenvalue weighted by molar-refractivity contribution is 6.05. The van der Waals surface area contributed by atoms with E-state index in [9.17, 15) is 14.4 Å². The number of aldehydes is 1. The Morgan fingerprint density at radius 1 is 1.19 bits per heavy atom. The highest BCUT2D eigenvalue weighted by atomic mass is 16.6. The van der Waals surface area contributed by atoms with Crippen LogP contribution in [0.4, 0.5) is 0 Å². The van der Waals surface area contributed by atoms with Crippen LogP contribution >= 0.6 is 0 Å². The summed E-state index contributed by atoms with van der Waals surface area (Å²) in [4.78, 5) is 36.4. The van der Waals surface area contributed by atoms with Crippen LogP contribution in [0.15, 0.2) is 24.3 Å². The Hall–Kier alpha value is -2.17. The average Bonchev–Trinajstić information content (AvgIpc) is 2.66. The van der Waals surface area contributed by atoms with E-state index in [1.54, 1.807) is 18.2 Å². The highest BCUT2D eigenvalue weighted by Gasteiger charge is 2.47. The van der Waals surface area contributed by atoms with Crippen molar-refractivity contribution in [2.45, 2.75) is 71.3 Å². The van der Waals surface area contributed by atoms with E-state index in [2.05, 4.69) is 0 Å². The first-order valence-electron chi connectivity index (χ1n) is 9.52. The van der Waals surface area contributed by atoms with Gasteiger partial charge in [-0.05, 0) is 44.2 Å². The molecule has 0 spiro atoms. The normalized spacial score (nSPS) is 20.0. The number of Topliss-reactive ketones (excluding diaryl/α,β-unsaturated/α-hetero) is 1. The second-order valence-electron chi connectivity index (χ2n) is 6.81. The number of hydrogen-bond acceptors (Lipinski definition) is 5. The van der Waals surface area contributed by atoms with Crippen LogP contribution in [-0.2, 0) is 14.4 Å². The number of rotatable bonds is 9. The molecule has 1 aromatic carbocycles. The zero-order valence-corrected chi connectivity index (χ0v) is 15.7. The number of ether oxygens (including phenoxy) is 2. The van der Waals surface area contributed by atoms with Crippen LogP contribution in [0.3, 0.4) is 0 Å². The summed E-state index contributed by atoms with van der Waals surface area (Å²) in [6.07, 6.45) is 5.23. The first kappa shape index (κ1) is 20.1. The number of hydrogen-bond donors (Lipinski definition) is 0. The number of carbonyl (C=O) groups excluding carboxylic acids is 3. The molecule has 1 aromatic rings. The van der Waals surface area contributed by atoms with Crippen LogP contribution < -0.4 is 9.47 Å². The summed E-state index contributed by atoms with van der Waals surface area (Å²) in [6.45, 7) is 4.08. The van der Waals surface area contributed by atoms with Gasteiger partial charge in [-0.1, -0.05) is 32.4 Å². The van der Waals surface area contributed by atoms with Crippen molar-refractivity contribution < 1.29 is 23.9 Å². The lowest BCUT2D eigenvalue weighted by Crippen LogP contribution is -2.44. The zero-order chi connectivity index (χ0) is 19.0. The Morgan fingerprint density at radius 2 is 1.88 bits per heavy atom. The highest BCUT2D eigenvalue weighted by Crippen LogP contribution is 2.40. The monoisotopic (exact) mass is 360 g/mol. The van der Waals surface area contributed by atoms with Crippen LogP contribution in [0, 0.1) is 5.41 Å². The molecule has 0 N–H and O–H groups in total. The van der Waals surface area contributed by atoms with Gasteiger partial charge in [-0.3, -0.25) is 9.59 Å². The fraction of sp³-hybridized carbons (Fsp3) is 0.571. The number of esters is 1. The third kappa shape index (κ3) is 4.51. The van der Waals surface area contributed by atoms with E-state index in [-0.39, 0.29) is 24.7 Å². The third-order valence-corrected chi connectivity index (χ3v) is 5.13. The van der Waals surface area contributed by atoms with Crippen LogP contribution in [0.2, 0.25) is 0 Å². The molecule has 0 aromatic heterocycles. The molecule has 1 saturated carbocycles. The SMILES string of the molecule is CCC(CC)Oc1ccccc1OC(=O)[C@@]1(CCC=O)CCCCC1=O. The molecule has 1 aliphatic carbocycles. The van der Waals surface area contributed by atoms with E-state index in [1.165, 1.54) is 0 Å². The average molecular weight is 360 g/mol.